The highest BCUT2D eigenvalue weighted by Crippen LogP contribution is 1.82. The molecule has 0 saturated heterocycles. The van der Waals surface area contributed by atoms with E-state index in [0.717, 1.165) is 6.21 Å². The van der Waals surface area contributed by atoms with E-state index in [0.29, 0.717) is 5.57 Å². The first kappa shape index (κ1) is 11.6. The summed E-state index contributed by atoms with van der Waals surface area (Å²) >= 11 is 0. The molecule has 0 aliphatic heterocycles. The minimum atomic E-state index is -0.00833. The maximum absolute atomic E-state index is 6.73. The highest BCUT2D eigenvalue weighted by molar-refractivity contribution is 5.94. The van der Waals surface area contributed by atoms with Gasteiger partial charge in [0.1, 0.15) is 5.84 Å². The predicted molar refractivity (Wildman–Crippen MR) is 45.8 cm³/mol. The van der Waals surface area contributed by atoms with Crippen LogP contribution in [-0.4, -0.2) is 12.1 Å². The minimum Gasteiger partial charge on any atom is -0.384 e. The van der Waals surface area contributed by atoms with Gasteiger partial charge in [0.05, 0.1) is 0 Å². The Morgan fingerprint density at radius 2 is 1.80 bits per heavy atom. The molecule has 10 heavy (non-hydrogen) atoms. The summed E-state index contributed by atoms with van der Waals surface area (Å²) in [4.78, 5) is 0. The first-order valence-corrected chi connectivity index (χ1v) is 3.19. The van der Waals surface area contributed by atoms with Crippen LogP contribution in [0.3, 0.4) is 0 Å². The number of amidine groups is 1. The molecule has 3 heteroatoms. The summed E-state index contributed by atoms with van der Waals surface area (Å²) in [5.41, 5.74) is 5.66. The molecular weight excluding hydrogens is 126 g/mol. The molecule has 58 valence electrons. The van der Waals surface area contributed by atoms with Crippen LogP contribution >= 0.6 is 0 Å². The highest BCUT2D eigenvalue weighted by atomic mass is 14.7. The third-order valence-corrected chi connectivity index (χ3v) is 0.611. The van der Waals surface area contributed by atoms with E-state index in [4.69, 9.17) is 16.6 Å². The molecule has 0 radical (unpaired) electrons. The van der Waals surface area contributed by atoms with Crippen molar-refractivity contribution in [1.29, 1.82) is 10.8 Å². The second-order valence-electron chi connectivity index (χ2n) is 1.49. The molecule has 0 aromatic heterocycles. The molecule has 0 aromatic rings. The van der Waals surface area contributed by atoms with Crippen molar-refractivity contribution in [3.8, 4) is 0 Å². The Labute approximate surface area is 62.0 Å². The summed E-state index contributed by atoms with van der Waals surface area (Å²) in [7, 11) is 0. The van der Waals surface area contributed by atoms with E-state index in [9.17, 15) is 0 Å². The van der Waals surface area contributed by atoms with Gasteiger partial charge in [0.15, 0.2) is 0 Å². The quantitative estimate of drug-likeness (QED) is 0.396. The van der Waals surface area contributed by atoms with Crippen molar-refractivity contribution in [2.45, 2.75) is 20.8 Å². The SMILES string of the molecule is C/C(C=N)=C/C(=N)N.CC. The smallest absolute Gasteiger partial charge is 0.115 e. The van der Waals surface area contributed by atoms with Gasteiger partial charge in [0.25, 0.3) is 0 Å². The highest BCUT2D eigenvalue weighted by Gasteiger charge is 1.80. The van der Waals surface area contributed by atoms with E-state index in [-0.39, 0.29) is 5.84 Å². The molecule has 0 aliphatic carbocycles. The van der Waals surface area contributed by atoms with Gasteiger partial charge in [-0.15, -0.1) is 0 Å². The molecule has 0 aromatic carbocycles. The minimum absolute atomic E-state index is 0.00833. The maximum Gasteiger partial charge on any atom is 0.115 e. The van der Waals surface area contributed by atoms with Crippen LogP contribution in [0.2, 0.25) is 0 Å². The lowest BCUT2D eigenvalue weighted by Gasteiger charge is -1.85. The van der Waals surface area contributed by atoms with Crippen molar-refractivity contribution in [2.75, 3.05) is 0 Å². The molecule has 0 rings (SSSR count). The molecule has 0 fully saturated rings. The largest absolute Gasteiger partial charge is 0.384 e. The summed E-state index contributed by atoms with van der Waals surface area (Å²) in [6.45, 7) is 5.72. The summed E-state index contributed by atoms with van der Waals surface area (Å²) in [6, 6.07) is 0. The third kappa shape index (κ3) is 9.99. The van der Waals surface area contributed by atoms with Gasteiger partial charge in [-0.3, -0.25) is 5.41 Å². The molecule has 0 aliphatic rings. The molecule has 0 bridgehead atoms. The Morgan fingerprint density at radius 1 is 1.40 bits per heavy atom. The monoisotopic (exact) mass is 141 g/mol. The number of hydrogen-bond acceptors (Lipinski definition) is 2. The Morgan fingerprint density at radius 3 is 1.90 bits per heavy atom. The van der Waals surface area contributed by atoms with Crippen molar-refractivity contribution in [2.24, 2.45) is 5.73 Å². The summed E-state index contributed by atoms with van der Waals surface area (Å²) in [5, 5.41) is 13.4. The van der Waals surface area contributed by atoms with Gasteiger partial charge in [0.2, 0.25) is 0 Å². The van der Waals surface area contributed by atoms with Gasteiger partial charge >= 0.3 is 0 Å². The van der Waals surface area contributed by atoms with Crippen molar-refractivity contribution in [1.82, 2.24) is 0 Å². The first-order chi connectivity index (χ1) is 4.66. The van der Waals surface area contributed by atoms with Gasteiger partial charge in [-0.1, -0.05) is 13.8 Å². The van der Waals surface area contributed by atoms with Gasteiger partial charge in [0, 0.05) is 6.21 Å². The van der Waals surface area contributed by atoms with Crippen LogP contribution in [0.4, 0.5) is 0 Å². The van der Waals surface area contributed by atoms with Crippen molar-refractivity contribution in [3.63, 3.8) is 0 Å². The fourth-order valence-corrected chi connectivity index (χ4v) is 0.287. The van der Waals surface area contributed by atoms with E-state index in [2.05, 4.69) is 0 Å². The number of nitrogens with two attached hydrogens (primary N) is 1. The van der Waals surface area contributed by atoms with E-state index in [1.807, 2.05) is 13.8 Å². The Kier molecular flexibility index (Phi) is 9.18. The molecule has 0 amide bonds. The summed E-state index contributed by atoms with van der Waals surface area (Å²) < 4.78 is 0. The fraction of sp³-hybridized carbons (Fsp3) is 0.429. The third-order valence-electron chi connectivity index (χ3n) is 0.611. The van der Waals surface area contributed by atoms with Crippen molar-refractivity contribution >= 4 is 12.1 Å². The predicted octanol–water partition coefficient (Wildman–Crippen LogP) is 1.54. The van der Waals surface area contributed by atoms with E-state index in [1.54, 1.807) is 6.92 Å². The average molecular weight is 141 g/mol. The second-order valence-corrected chi connectivity index (χ2v) is 1.49. The van der Waals surface area contributed by atoms with E-state index >= 15 is 0 Å². The number of allylic oxidation sites excluding steroid dienone is 1. The lowest BCUT2D eigenvalue weighted by Crippen LogP contribution is -2.05. The Bertz CT molecular complexity index is 136. The van der Waals surface area contributed by atoms with Crippen molar-refractivity contribution in [3.05, 3.63) is 11.6 Å². The van der Waals surface area contributed by atoms with Crippen LogP contribution in [0, 0.1) is 10.8 Å². The standard InChI is InChI=1S/C5H9N3.C2H6/c1-4(3-6)2-5(7)8;1-2/h2-3,6H,1H3,(H3,7,8);1-2H3/b4-2-,6-3?;. The van der Waals surface area contributed by atoms with Crippen LogP contribution in [-0.2, 0) is 0 Å². The topological polar surface area (TPSA) is 73.7 Å². The van der Waals surface area contributed by atoms with E-state index < -0.39 is 0 Å². The normalized spacial score (nSPS) is 9.30. The Balaban J connectivity index is 0. The molecule has 3 nitrogen and oxygen atoms in total. The van der Waals surface area contributed by atoms with Crippen molar-refractivity contribution < 1.29 is 0 Å². The zero-order valence-corrected chi connectivity index (χ0v) is 6.73. The lowest BCUT2D eigenvalue weighted by atomic mass is 10.3. The lowest BCUT2D eigenvalue weighted by molar-refractivity contribution is 1.44. The average Bonchev–Trinajstić information content (AvgIpc) is 1.91. The summed E-state index contributed by atoms with van der Waals surface area (Å²) in [6.07, 6.45) is 2.58. The van der Waals surface area contributed by atoms with E-state index in [1.165, 1.54) is 6.08 Å². The molecular formula is C7H15N3. The van der Waals surface area contributed by atoms with Gasteiger partial charge < -0.3 is 11.1 Å². The van der Waals surface area contributed by atoms with Gasteiger partial charge in [-0.25, -0.2) is 0 Å². The van der Waals surface area contributed by atoms with Crippen LogP contribution in [0.1, 0.15) is 20.8 Å². The fourth-order valence-electron chi connectivity index (χ4n) is 0.287. The molecule has 0 spiro atoms. The number of rotatable bonds is 2. The van der Waals surface area contributed by atoms with Crippen LogP contribution in [0.25, 0.3) is 0 Å². The molecule has 0 atom stereocenters. The number of hydrogen-bond donors (Lipinski definition) is 3. The molecule has 0 heterocycles. The maximum atomic E-state index is 6.73. The zero-order chi connectivity index (χ0) is 8.57. The van der Waals surface area contributed by atoms with Gasteiger partial charge in [-0.05, 0) is 18.6 Å². The van der Waals surface area contributed by atoms with Crippen LogP contribution in [0.15, 0.2) is 11.6 Å². The Hall–Kier alpha value is -1.12. The molecule has 0 saturated carbocycles. The molecule has 0 unspecified atom stereocenters. The molecule has 4 N–H and O–H groups in total. The van der Waals surface area contributed by atoms with Gasteiger partial charge in [-0.2, -0.15) is 0 Å². The van der Waals surface area contributed by atoms with Crippen LogP contribution in [0.5, 0.6) is 0 Å². The second kappa shape index (κ2) is 7.88. The van der Waals surface area contributed by atoms with Crippen LogP contribution < -0.4 is 5.73 Å². The summed E-state index contributed by atoms with van der Waals surface area (Å²) in [5.74, 6) is -0.00833. The number of nitrogens with one attached hydrogen (secondary N) is 2. The first-order valence-electron chi connectivity index (χ1n) is 3.19. The zero-order valence-electron chi connectivity index (χ0n) is 6.73.